The van der Waals surface area contributed by atoms with Crippen molar-refractivity contribution in [3.8, 4) is 0 Å². The Morgan fingerprint density at radius 2 is 1.78 bits per heavy atom. The van der Waals surface area contributed by atoms with Crippen molar-refractivity contribution in [1.29, 1.82) is 0 Å². The molecule has 0 N–H and O–H groups in total. The summed E-state index contributed by atoms with van der Waals surface area (Å²) in [5.74, 6) is 0.798. The van der Waals surface area contributed by atoms with Crippen molar-refractivity contribution < 1.29 is 0 Å². The molecule has 0 aliphatic carbocycles. The highest BCUT2D eigenvalue weighted by molar-refractivity contribution is 6.17. The van der Waals surface area contributed by atoms with E-state index in [0.29, 0.717) is 0 Å². The molecule has 0 saturated heterocycles. The topological polar surface area (TPSA) is 0 Å². The van der Waals surface area contributed by atoms with Gasteiger partial charge in [-0.2, -0.15) is 0 Å². The van der Waals surface area contributed by atoms with Crippen LogP contribution in [0.1, 0.15) is 32.1 Å². The maximum atomic E-state index is 5.48. The van der Waals surface area contributed by atoms with Gasteiger partial charge in [0.1, 0.15) is 0 Å². The summed E-state index contributed by atoms with van der Waals surface area (Å²) < 4.78 is 0. The summed E-state index contributed by atoms with van der Waals surface area (Å²) in [6.07, 6.45) is 7.64. The summed E-state index contributed by atoms with van der Waals surface area (Å²) in [7, 11) is 0. The molecule has 0 aliphatic rings. The van der Waals surface area contributed by atoms with Crippen molar-refractivity contribution in [3.05, 3.63) is 12.7 Å². The standard InChI is InChI=1S/C8H14Cl/c1-2-3-4-5-6-7-8-9/h1-2H,3-8H2. The molecule has 0 unspecified atom stereocenters. The van der Waals surface area contributed by atoms with Crippen molar-refractivity contribution >= 4 is 11.6 Å². The second kappa shape index (κ2) is 8.03. The van der Waals surface area contributed by atoms with E-state index in [1.165, 1.54) is 19.3 Å². The highest BCUT2D eigenvalue weighted by Crippen LogP contribution is 2.03. The van der Waals surface area contributed by atoms with Crippen LogP contribution in [0, 0.1) is 6.58 Å². The molecule has 0 aromatic heterocycles. The van der Waals surface area contributed by atoms with E-state index in [0.717, 1.165) is 18.7 Å². The Kier molecular flexibility index (Phi) is 8.06. The van der Waals surface area contributed by atoms with Crippen LogP contribution < -0.4 is 0 Å². The average molecular weight is 146 g/mol. The molecule has 0 rings (SSSR count). The minimum absolute atomic E-state index is 0.798. The van der Waals surface area contributed by atoms with Gasteiger partial charge in [0.2, 0.25) is 0 Å². The molecular formula is C8H14Cl. The second-order valence-electron chi connectivity index (χ2n) is 2.13. The fourth-order valence-corrected chi connectivity index (χ4v) is 0.899. The monoisotopic (exact) mass is 145 g/mol. The number of allylic oxidation sites excluding steroid dienone is 1. The number of rotatable bonds is 6. The number of hydrogen-bond donors (Lipinski definition) is 0. The van der Waals surface area contributed by atoms with Gasteiger partial charge < -0.3 is 0 Å². The maximum Gasteiger partial charge on any atom is 0.0223 e. The fraction of sp³-hybridized carbons (Fsp3) is 0.750. The lowest BCUT2D eigenvalue weighted by Gasteiger charge is -1.93. The predicted octanol–water partition coefficient (Wildman–Crippen LogP) is 3.16. The zero-order valence-electron chi connectivity index (χ0n) is 5.78. The molecule has 1 radical (unpaired) electrons. The highest BCUT2D eigenvalue weighted by Gasteiger charge is 1.85. The van der Waals surface area contributed by atoms with Gasteiger partial charge in [-0.3, -0.25) is 0 Å². The Balaban J connectivity index is 2.66. The summed E-state index contributed by atoms with van der Waals surface area (Å²) in [6, 6.07) is 0. The smallest absolute Gasteiger partial charge is 0.0223 e. The molecule has 0 fully saturated rings. The van der Waals surface area contributed by atoms with Gasteiger partial charge in [-0.25, -0.2) is 0 Å². The van der Waals surface area contributed by atoms with Gasteiger partial charge in [0.15, 0.2) is 0 Å². The van der Waals surface area contributed by atoms with Crippen molar-refractivity contribution in [2.75, 3.05) is 5.88 Å². The largest absolute Gasteiger partial charge is 0.127 e. The molecule has 0 spiro atoms. The van der Waals surface area contributed by atoms with Crippen molar-refractivity contribution in [3.63, 3.8) is 0 Å². The number of halogens is 1. The molecule has 0 aromatic rings. The summed E-state index contributed by atoms with van der Waals surface area (Å²) >= 11 is 5.48. The third kappa shape index (κ3) is 8.03. The van der Waals surface area contributed by atoms with Gasteiger partial charge in [-0.05, 0) is 19.3 Å². The molecule has 0 saturated carbocycles. The molecule has 0 nitrogen and oxygen atoms in total. The number of unbranched alkanes of at least 4 members (excludes halogenated alkanes) is 4. The van der Waals surface area contributed by atoms with Crippen LogP contribution in [0.5, 0.6) is 0 Å². The SMILES string of the molecule is [CH]=CCCCCCCCl. The van der Waals surface area contributed by atoms with Crippen molar-refractivity contribution in [1.82, 2.24) is 0 Å². The molecule has 0 heterocycles. The third-order valence-corrected chi connectivity index (χ3v) is 1.52. The molecule has 53 valence electrons. The van der Waals surface area contributed by atoms with Crippen LogP contribution in [-0.2, 0) is 0 Å². The zero-order valence-corrected chi connectivity index (χ0v) is 6.53. The fourth-order valence-electron chi connectivity index (χ4n) is 0.710. The summed E-state index contributed by atoms with van der Waals surface area (Å²) in [6.45, 7) is 5.19. The van der Waals surface area contributed by atoms with E-state index >= 15 is 0 Å². The molecule has 0 aromatic carbocycles. The van der Waals surface area contributed by atoms with Crippen molar-refractivity contribution in [2.24, 2.45) is 0 Å². The van der Waals surface area contributed by atoms with E-state index in [1.807, 2.05) is 0 Å². The Labute approximate surface area is 62.9 Å². The van der Waals surface area contributed by atoms with Crippen LogP contribution in [0.25, 0.3) is 0 Å². The Bertz CT molecular complexity index is 59.6. The van der Waals surface area contributed by atoms with Gasteiger partial charge in [-0.1, -0.05) is 25.5 Å². The van der Waals surface area contributed by atoms with Gasteiger partial charge >= 0.3 is 0 Å². The Morgan fingerprint density at radius 3 is 2.33 bits per heavy atom. The molecular weight excluding hydrogens is 132 g/mol. The number of hydrogen-bond acceptors (Lipinski definition) is 0. The number of alkyl halides is 1. The maximum absolute atomic E-state index is 5.48. The molecule has 0 atom stereocenters. The summed E-state index contributed by atoms with van der Waals surface area (Å²) in [5, 5.41) is 0. The summed E-state index contributed by atoms with van der Waals surface area (Å²) in [4.78, 5) is 0. The van der Waals surface area contributed by atoms with E-state index in [1.54, 1.807) is 6.08 Å². The predicted molar refractivity (Wildman–Crippen MR) is 42.7 cm³/mol. The first kappa shape index (κ1) is 9.03. The van der Waals surface area contributed by atoms with E-state index < -0.39 is 0 Å². The summed E-state index contributed by atoms with van der Waals surface area (Å²) in [5.41, 5.74) is 0. The molecule has 9 heavy (non-hydrogen) atoms. The second-order valence-corrected chi connectivity index (χ2v) is 2.51. The first-order chi connectivity index (χ1) is 4.41. The van der Waals surface area contributed by atoms with Crippen LogP contribution in [0.4, 0.5) is 0 Å². The van der Waals surface area contributed by atoms with Gasteiger partial charge in [0, 0.05) is 5.88 Å². The Morgan fingerprint density at radius 1 is 1.11 bits per heavy atom. The van der Waals surface area contributed by atoms with Crippen molar-refractivity contribution in [2.45, 2.75) is 32.1 Å². The van der Waals surface area contributed by atoms with E-state index in [9.17, 15) is 0 Å². The molecule has 0 amide bonds. The van der Waals surface area contributed by atoms with E-state index in [4.69, 9.17) is 18.2 Å². The first-order valence-electron chi connectivity index (χ1n) is 3.51. The molecule has 0 aliphatic heterocycles. The van der Waals surface area contributed by atoms with E-state index in [2.05, 4.69) is 0 Å². The van der Waals surface area contributed by atoms with Gasteiger partial charge in [0.25, 0.3) is 0 Å². The first-order valence-corrected chi connectivity index (χ1v) is 4.04. The quantitative estimate of drug-likeness (QED) is 0.398. The minimum Gasteiger partial charge on any atom is -0.127 e. The van der Waals surface area contributed by atoms with Crippen LogP contribution >= 0.6 is 11.6 Å². The van der Waals surface area contributed by atoms with Gasteiger partial charge in [-0.15, -0.1) is 11.6 Å². The van der Waals surface area contributed by atoms with E-state index in [-0.39, 0.29) is 0 Å². The normalized spacial score (nSPS) is 9.44. The minimum atomic E-state index is 0.798. The van der Waals surface area contributed by atoms with Crippen LogP contribution in [0.2, 0.25) is 0 Å². The third-order valence-electron chi connectivity index (χ3n) is 1.25. The average Bonchev–Trinajstić information content (AvgIpc) is 1.89. The molecule has 0 bridgehead atoms. The van der Waals surface area contributed by atoms with Gasteiger partial charge in [0.05, 0.1) is 0 Å². The highest BCUT2D eigenvalue weighted by atomic mass is 35.5. The lowest BCUT2D eigenvalue weighted by Crippen LogP contribution is -1.77. The van der Waals surface area contributed by atoms with Crippen LogP contribution in [0.3, 0.4) is 0 Å². The molecule has 1 heteroatoms. The lowest BCUT2D eigenvalue weighted by molar-refractivity contribution is 0.677. The lowest BCUT2D eigenvalue weighted by atomic mass is 10.2. The zero-order chi connectivity index (χ0) is 6.95. The van der Waals surface area contributed by atoms with Crippen LogP contribution in [0.15, 0.2) is 6.08 Å². The Hall–Kier alpha value is 0.0300. The van der Waals surface area contributed by atoms with Crippen LogP contribution in [-0.4, -0.2) is 5.88 Å².